The average Bonchev–Trinajstić information content (AvgIpc) is 2.52. The molecule has 1 aromatic rings. The average molecular weight is 251 g/mol. The van der Waals surface area contributed by atoms with Crippen molar-refractivity contribution in [2.75, 3.05) is 19.0 Å². The van der Waals surface area contributed by atoms with Gasteiger partial charge in [-0.3, -0.25) is 9.59 Å². The first-order valence-corrected chi connectivity index (χ1v) is 5.40. The summed E-state index contributed by atoms with van der Waals surface area (Å²) >= 11 is 6.08. The third-order valence-corrected chi connectivity index (χ3v) is 2.78. The summed E-state index contributed by atoms with van der Waals surface area (Å²) in [5, 5.41) is 0.466. The van der Waals surface area contributed by atoms with E-state index in [1.54, 1.807) is 43.4 Å². The minimum absolute atomic E-state index is 0.350. The third-order valence-electron chi connectivity index (χ3n) is 2.46. The standard InChI is InChI=1S/C12H11ClN2O2/c1-14(2)6-8-11-9(13)4-3-5-10(11)15(7-16)12(8)17/h3-7H,1-2H3. The molecule has 0 aliphatic carbocycles. The van der Waals surface area contributed by atoms with Gasteiger partial charge in [0.1, 0.15) is 0 Å². The van der Waals surface area contributed by atoms with E-state index >= 15 is 0 Å². The molecule has 0 radical (unpaired) electrons. The van der Waals surface area contributed by atoms with Crippen LogP contribution in [0.25, 0.3) is 5.57 Å². The van der Waals surface area contributed by atoms with Crippen molar-refractivity contribution in [2.45, 2.75) is 0 Å². The van der Waals surface area contributed by atoms with Crippen LogP contribution < -0.4 is 4.90 Å². The molecule has 1 aromatic carbocycles. The van der Waals surface area contributed by atoms with Crippen molar-refractivity contribution in [2.24, 2.45) is 0 Å². The lowest BCUT2D eigenvalue weighted by atomic mass is 10.1. The summed E-state index contributed by atoms with van der Waals surface area (Å²) in [6.07, 6.45) is 2.17. The van der Waals surface area contributed by atoms with E-state index in [4.69, 9.17) is 11.6 Å². The zero-order chi connectivity index (χ0) is 12.6. The van der Waals surface area contributed by atoms with Gasteiger partial charge in [-0.1, -0.05) is 17.7 Å². The van der Waals surface area contributed by atoms with Crippen LogP contribution in [0.2, 0.25) is 5.02 Å². The van der Waals surface area contributed by atoms with Crippen molar-refractivity contribution < 1.29 is 9.59 Å². The maximum absolute atomic E-state index is 12.0. The molecule has 1 aliphatic rings. The molecule has 5 heteroatoms. The summed E-state index contributed by atoms with van der Waals surface area (Å²) in [6, 6.07) is 5.11. The van der Waals surface area contributed by atoms with Crippen molar-refractivity contribution >= 4 is 35.2 Å². The molecule has 0 fully saturated rings. The number of carbonyl (C=O) groups is 2. The Morgan fingerprint density at radius 3 is 2.65 bits per heavy atom. The van der Waals surface area contributed by atoms with Crippen molar-refractivity contribution in [3.63, 3.8) is 0 Å². The second-order valence-electron chi connectivity index (χ2n) is 3.92. The highest BCUT2D eigenvalue weighted by atomic mass is 35.5. The summed E-state index contributed by atoms with van der Waals surface area (Å²) in [5.41, 5.74) is 1.58. The number of halogens is 1. The van der Waals surface area contributed by atoms with E-state index in [1.807, 2.05) is 0 Å². The number of benzene rings is 1. The van der Waals surface area contributed by atoms with E-state index in [-0.39, 0.29) is 5.91 Å². The third kappa shape index (κ3) is 1.80. The van der Waals surface area contributed by atoms with Gasteiger partial charge in [0.2, 0.25) is 6.41 Å². The van der Waals surface area contributed by atoms with Crippen LogP contribution in [0.1, 0.15) is 5.56 Å². The minimum Gasteiger partial charge on any atom is -0.383 e. The first kappa shape index (κ1) is 11.7. The molecule has 0 unspecified atom stereocenters. The summed E-state index contributed by atoms with van der Waals surface area (Å²) < 4.78 is 0. The fourth-order valence-corrected chi connectivity index (χ4v) is 2.08. The van der Waals surface area contributed by atoms with Gasteiger partial charge in [0.15, 0.2) is 0 Å². The quantitative estimate of drug-likeness (QED) is 0.593. The van der Waals surface area contributed by atoms with Gasteiger partial charge in [-0.2, -0.15) is 0 Å². The number of nitrogens with zero attached hydrogens (tertiary/aromatic N) is 2. The Morgan fingerprint density at radius 1 is 1.35 bits per heavy atom. The van der Waals surface area contributed by atoms with Crippen LogP contribution in [0.5, 0.6) is 0 Å². The predicted molar refractivity (Wildman–Crippen MR) is 66.7 cm³/mol. The summed E-state index contributed by atoms with van der Waals surface area (Å²) in [6.45, 7) is 0. The van der Waals surface area contributed by atoms with Crippen LogP contribution in [0.4, 0.5) is 5.69 Å². The van der Waals surface area contributed by atoms with Crippen LogP contribution in [0.3, 0.4) is 0 Å². The molecular weight excluding hydrogens is 240 g/mol. The van der Waals surface area contributed by atoms with E-state index in [9.17, 15) is 9.59 Å². The molecule has 0 saturated heterocycles. The molecule has 17 heavy (non-hydrogen) atoms. The van der Waals surface area contributed by atoms with Gasteiger partial charge in [-0.05, 0) is 12.1 Å². The molecule has 2 amide bonds. The molecule has 88 valence electrons. The fourth-order valence-electron chi connectivity index (χ4n) is 1.81. The molecule has 2 rings (SSSR count). The van der Waals surface area contributed by atoms with Crippen molar-refractivity contribution in [1.29, 1.82) is 0 Å². The molecule has 0 aromatic heterocycles. The smallest absolute Gasteiger partial charge is 0.267 e. The SMILES string of the molecule is CN(C)C=C1C(=O)N(C=O)c2cccc(Cl)c21. The molecule has 0 saturated carbocycles. The maximum atomic E-state index is 12.0. The molecular formula is C12H11ClN2O2. The number of anilines is 1. The fraction of sp³-hybridized carbons (Fsp3) is 0.167. The number of hydrogen-bond acceptors (Lipinski definition) is 3. The van der Waals surface area contributed by atoms with Gasteiger partial charge in [-0.15, -0.1) is 0 Å². The molecule has 0 bridgehead atoms. The molecule has 1 heterocycles. The Balaban J connectivity index is 2.68. The molecule has 4 nitrogen and oxygen atoms in total. The van der Waals surface area contributed by atoms with E-state index < -0.39 is 0 Å². The van der Waals surface area contributed by atoms with Crippen molar-refractivity contribution in [3.05, 3.63) is 35.0 Å². The Morgan fingerprint density at radius 2 is 2.06 bits per heavy atom. The monoisotopic (exact) mass is 250 g/mol. The molecule has 1 aliphatic heterocycles. The lowest BCUT2D eigenvalue weighted by Crippen LogP contribution is -2.24. The number of amides is 2. The Kier molecular flexibility index (Phi) is 2.90. The van der Waals surface area contributed by atoms with E-state index in [2.05, 4.69) is 0 Å². The molecule has 0 N–H and O–H groups in total. The van der Waals surface area contributed by atoms with Crippen LogP contribution in [0, 0.1) is 0 Å². The number of imide groups is 1. The Bertz CT molecular complexity index is 523. The summed E-state index contributed by atoms with van der Waals surface area (Å²) in [5.74, 6) is -0.350. The van der Waals surface area contributed by atoms with Crippen molar-refractivity contribution in [1.82, 2.24) is 4.90 Å². The number of rotatable bonds is 2. The van der Waals surface area contributed by atoms with Gasteiger partial charge in [0, 0.05) is 25.9 Å². The largest absolute Gasteiger partial charge is 0.383 e. The Labute approximate surface area is 104 Å². The first-order valence-electron chi connectivity index (χ1n) is 5.02. The van der Waals surface area contributed by atoms with Crippen LogP contribution in [-0.4, -0.2) is 31.3 Å². The lowest BCUT2D eigenvalue weighted by Gasteiger charge is -2.07. The van der Waals surface area contributed by atoms with Gasteiger partial charge < -0.3 is 4.90 Å². The van der Waals surface area contributed by atoms with Gasteiger partial charge in [-0.25, -0.2) is 4.90 Å². The lowest BCUT2D eigenvalue weighted by molar-refractivity contribution is -0.117. The normalized spacial score (nSPS) is 16.3. The van der Waals surface area contributed by atoms with Crippen LogP contribution >= 0.6 is 11.6 Å². The predicted octanol–water partition coefficient (Wildman–Crippen LogP) is 1.75. The second kappa shape index (κ2) is 4.22. The minimum atomic E-state index is -0.350. The van der Waals surface area contributed by atoms with Gasteiger partial charge in [0.05, 0.1) is 16.3 Å². The highest BCUT2D eigenvalue weighted by molar-refractivity contribution is 6.42. The summed E-state index contributed by atoms with van der Waals surface area (Å²) in [7, 11) is 3.61. The zero-order valence-electron chi connectivity index (χ0n) is 9.48. The number of fused-ring (bicyclic) bond motifs is 1. The molecule has 0 spiro atoms. The topological polar surface area (TPSA) is 40.6 Å². The van der Waals surface area contributed by atoms with Gasteiger partial charge >= 0.3 is 0 Å². The number of hydrogen-bond donors (Lipinski definition) is 0. The molecule has 0 atom stereocenters. The summed E-state index contributed by atoms with van der Waals surface area (Å²) in [4.78, 5) is 25.8. The first-order chi connectivity index (χ1) is 8.06. The van der Waals surface area contributed by atoms with Crippen molar-refractivity contribution in [3.8, 4) is 0 Å². The number of carbonyl (C=O) groups excluding carboxylic acids is 2. The van der Waals surface area contributed by atoms with Gasteiger partial charge in [0.25, 0.3) is 5.91 Å². The van der Waals surface area contributed by atoms with E-state index in [1.165, 1.54) is 0 Å². The Hall–Kier alpha value is -1.81. The second-order valence-corrected chi connectivity index (χ2v) is 4.33. The van der Waals surface area contributed by atoms with E-state index in [0.29, 0.717) is 28.3 Å². The van der Waals surface area contributed by atoms with E-state index in [0.717, 1.165) is 4.90 Å². The van der Waals surface area contributed by atoms with Crippen LogP contribution in [-0.2, 0) is 9.59 Å². The van der Waals surface area contributed by atoms with Crippen LogP contribution in [0.15, 0.2) is 24.4 Å². The maximum Gasteiger partial charge on any atom is 0.267 e. The highest BCUT2D eigenvalue weighted by Crippen LogP contribution is 2.40. The highest BCUT2D eigenvalue weighted by Gasteiger charge is 2.34. The zero-order valence-corrected chi connectivity index (χ0v) is 10.2.